The largest absolute Gasteiger partial charge is 0.369 e. The van der Waals surface area contributed by atoms with Crippen molar-refractivity contribution < 1.29 is 4.79 Å². The van der Waals surface area contributed by atoms with E-state index in [2.05, 4.69) is 10.2 Å². The number of nitrogens with one attached hydrogen (secondary N) is 2. The van der Waals surface area contributed by atoms with Gasteiger partial charge in [-0.15, -0.1) is 0 Å². The second kappa shape index (κ2) is 5.62. The number of nitrogens with zero attached hydrogens (tertiary/aromatic N) is 2. The zero-order valence-electron chi connectivity index (χ0n) is 11.4. The maximum atomic E-state index is 12.8. The first kappa shape index (κ1) is 14.9. The molecular formula is C14H13Cl2N5O. The standard InChI is InChI=1S/C14H13Cl2N5O/c15-9-2-1-3-10(16)12(9)21(14(17)18)13(22)8-6-19-20-11(8)7-4-5-7/h1-3,6-7H,4-5H2,(H3,17,18)(H,19,20). The van der Waals surface area contributed by atoms with Crippen molar-refractivity contribution in [3.8, 4) is 0 Å². The minimum absolute atomic E-state index is 0.200. The van der Waals surface area contributed by atoms with E-state index in [4.69, 9.17) is 34.3 Å². The lowest BCUT2D eigenvalue weighted by molar-refractivity contribution is 0.100. The summed E-state index contributed by atoms with van der Waals surface area (Å²) in [4.78, 5) is 13.8. The number of H-pyrrole nitrogens is 1. The predicted molar refractivity (Wildman–Crippen MR) is 85.7 cm³/mol. The molecule has 1 aromatic heterocycles. The molecule has 8 heteroatoms. The molecule has 0 atom stereocenters. The van der Waals surface area contributed by atoms with Crippen LogP contribution >= 0.6 is 23.2 Å². The maximum absolute atomic E-state index is 12.8. The van der Waals surface area contributed by atoms with Crippen molar-refractivity contribution in [1.82, 2.24) is 10.2 Å². The number of guanidine groups is 1. The number of hydrogen-bond acceptors (Lipinski definition) is 3. The third-order valence-electron chi connectivity index (χ3n) is 3.49. The van der Waals surface area contributed by atoms with Gasteiger partial charge in [-0.25, -0.2) is 4.90 Å². The average Bonchev–Trinajstić information content (AvgIpc) is 3.19. The van der Waals surface area contributed by atoms with Crippen LogP contribution in [0.5, 0.6) is 0 Å². The second-order valence-corrected chi connectivity index (χ2v) is 5.88. The molecule has 1 saturated carbocycles. The van der Waals surface area contributed by atoms with Gasteiger partial charge in [0.1, 0.15) is 0 Å². The van der Waals surface area contributed by atoms with Gasteiger partial charge < -0.3 is 5.73 Å². The minimum atomic E-state index is -0.474. The molecule has 0 spiro atoms. The number of hydrogen-bond donors (Lipinski definition) is 3. The third kappa shape index (κ3) is 2.55. The second-order valence-electron chi connectivity index (χ2n) is 5.07. The summed E-state index contributed by atoms with van der Waals surface area (Å²) in [5, 5.41) is 15.0. The molecule has 0 bridgehead atoms. The van der Waals surface area contributed by atoms with Crippen LogP contribution in [0, 0.1) is 5.41 Å². The molecule has 1 aliphatic rings. The summed E-state index contributed by atoms with van der Waals surface area (Å²) >= 11 is 12.3. The Morgan fingerprint density at radius 1 is 1.36 bits per heavy atom. The quantitative estimate of drug-likeness (QED) is 0.592. The van der Waals surface area contributed by atoms with Gasteiger partial charge in [-0.3, -0.25) is 15.3 Å². The topological polar surface area (TPSA) is 98.9 Å². The highest BCUT2D eigenvalue weighted by Crippen LogP contribution is 2.41. The Bertz CT molecular complexity index is 733. The molecule has 4 N–H and O–H groups in total. The number of para-hydroxylation sites is 1. The third-order valence-corrected chi connectivity index (χ3v) is 4.10. The molecule has 6 nitrogen and oxygen atoms in total. The smallest absolute Gasteiger partial charge is 0.268 e. The van der Waals surface area contributed by atoms with Crippen molar-refractivity contribution >= 4 is 40.8 Å². The number of aromatic nitrogens is 2. The molecule has 1 aromatic carbocycles. The molecule has 0 radical (unpaired) electrons. The number of halogens is 2. The van der Waals surface area contributed by atoms with E-state index in [1.165, 1.54) is 6.20 Å². The number of nitrogens with two attached hydrogens (primary N) is 1. The number of rotatable bonds is 3. The zero-order valence-corrected chi connectivity index (χ0v) is 12.9. The Hall–Kier alpha value is -2.05. The lowest BCUT2D eigenvalue weighted by Crippen LogP contribution is -2.42. The van der Waals surface area contributed by atoms with E-state index in [0.29, 0.717) is 11.5 Å². The Balaban J connectivity index is 2.06. The monoisotopic (exact) mass is 337 g/mol. The number of benzene rings is 1. The maximum Gasteiger partial charge on any atom is 0.268 e. The van der Waals surface area contributed by atoms with Crippen LogP contribution in [0.25, 0.3) is 0 Å². The van der Waals surface area contributed by atoms with Crippen molar-refractivity contribution in [3.05, 3.63) is 45.7 Å². The van der Waals surface area contributed by atoms with E-state index in [1.807, 2.05) is 0 Å². The zero-order chi connectivity index (χ0) is 15.9. The number of carbonyl (C=O) groups excluding carboxylic acids is 1. The first-order valence-corrected chi connectivity index (χ1v) is 7.42. The minimum Gasteiger partial charge on any atom is -0.369 e. The first-order chi connectivity index (χ1) is 10.5. The summed E-state index contributed by atoms with van der Waals surface area (Å²) in [6, 6.07) is 4.83. The molecule has 0 unspecified atom stereocenters. The Morgan fingerprint density at radius 2 is 2.00 bits per heavy atom. The summed E-state index contributed by atoms with van der Waals surface area (Å²) in [5.41, 5.74) is 6.94. The molecule has 1 amide bonds. The van der Waals surface area contributed by atoms with Gasteiger partial charge in [-0.05, 0) is 25.0 Å². The van der Waals surface area contributed by atoms with Crippen LogP contribution in [0.15, 0.2) is 24.4 Å². The highest BCUT2D eigenvalue weighted by atomic mass is 35.5. The average molecular weight is 338 g/mol. The van der Waals surface area contributed by atoms with Crippen molar-refractivity contribution in [2.75, 3.05) is 4.90 Å². The van der Waals surface area contributed by atoms with Gasteiger partial charge in [-0.2, -0.15) is 5.10 Å². The van der Waals surface area contributed by atoms with E-state index in [-0.39, 0.29) is 15.7 Å². The number of amides is 1. The van der Waals surface area contributed by atoms with Gasteiger partial charge in [0.15, 0.2) is 5.96 Å². The predicted octanol–water partition coefficient (Wildman–Crippen LogP) is 3.13. The molecule has 3 rings (SSSR count). The summed E-state index contributed by atoms with van der Waals surface area (Å²) in [7, 11) is 0. The molecule has 1 fully saturated rings. The van der Waals surface area contributed by atoms with Crippen LogP contribution in [-0.2, 0) is 0 Å². The van der Waals surface area contributed by atoms with E-state index in [0.717, 1.165) is 23.4 Å². The Morgan fingerprint density at radius 3 is 2.55 bits per heavy atom. The highest BCUT2D eigenvalue weighted by Gasteiger charge is 2.33. The van der Waals surface area contributed by atoms with Crippen LogP contribution in [-0.4, -0.2) is 22.1 Å². The van der Waals surface area contributed by atoms with Crippen LogP contribution in [0.3, 0.4) is 0 Å². The summed E-state index contributed by atoms with van der Waals surface area (Å²) in [5.74, 6) is -0.627. The van der Waals surface area contributed by atoms with Gasteiger partial charge in [0, 0.05) is 5.92 Å². The van der Waals surface area contributed by atoms with Crippen LogP contribution in [0.4, 0.5) is 5.69 Å². The molecule has 114 valence electrons. The fraction of sp³-hybridized carbons (Fsp3) is 0.214. The lowest BCUT2D eigenvalue weighted by atomic mass is 10.1. The van der Waals surface area contributed by atoms with Crippen molar-refractivity contribution in [2.45, 2.75) is 18.8 Å². The van der Waals surface area contributed by atoms with Crippen molar-refractivity contribution in [3.63, 3.8) is 0 Å². The molecule has 2 aromatic rings. The van der Waals surface area contributed by atoms with E-state index < -0.39 is 11.9 Å². The molecule has 0 aliphatic heterocycles. The molecular weight excluding hydrogens is 325 g/mol. The molecule has 1 aliphatic carbocycles. The highest BCUT2D eigenvalue weighted by molar-refractivity contribution is 6.42. The van der Waals surface area contributed by atoms with Crippen LogP contribution in [0.2, 0.25) is 10.0 Å². The fourth-order valence-electron chi connectivity index (χ4n) is 2.30. The van der Waals surface area contributed by atoms with Gasteiger partial charge in [0.05, 0.1) is 33.2 Å². The van der Waals surface area contributed by atoms with E-state index in [9.17, 15) is 4.79 Å². The summed E-state index contributed by atoms with van der Waals surface area (Å²) in [6.45, 7) is 0. The van der Waals surface area contributed by atoms with E-state index >= 15 is 0 Å². The number of carbonyl (C=O) groups is 1. The molecule has 0 saturated heterocycles. The van der Waals surface area contributed by atoms with Gasteiger partial charge in [0.2, 0.25) is 0 Å². The SMILES string of the molecule is N=C(N)N(C(=O)c1cn[nH]c1C1CC1)c1c(Cl)cccc1Cl. The van der Waals surface area contributed by atoms with Crippen molar-refractivity contribution in [2.24, 2.45) is 5.73 Å². The van der Waals surface area contributed by atoms with Gasteiger partial charge in [0.25, 0.3) is 5.91 Å². The lowest BCUT2D eigenvalue weighted by Gasteiger charge is -2.22. The normalized spacial score (nSPS) is 13.9. The van der Waals surface area contributed by atoms with Crippen LogP contribution < -0.4 is 10.6 Å². The first-order valence-electron chi connectivity index (χ1n) is 6.66. The summed E-state index contributed by atoms with van der Waals surface area (Å²) in [6.07, 6.45) is 3.46. The fourth-order valence-corrected chi connectivity index (χ4v) is 2.87. The number of aromatic amines is 1. The molecule has 22 heavy (non-hydrogen) atoms. The number of anilines is 1. The van der Waals surface area contributed by atoms with Gasteiger partial charge in [-0.1, -0.05) is 29.3 Å². The van der Waals surface area contributed by atoms with Crippen LogP contribution in [0.1, 0.15) is 34.8 Å². The molecule has 1 heterocycles. The Labute approximate surface area is 136 Å². The van der Waals surface area contributed by atoms with E-state index in [1.54, 1.807) is 18.2 Å². The Kier molecular flexibility index (Phi) is 3.80. The van der Waals surface area contributed by atoms with Crippen molar-refractivity contribution in [1.29, 1.82) is 5.41 Å². The van der Waals surface area contributed by atoms with Gasteiger partial charge >= 0.3 is 0 Å². The summed E-state index contributed by atoms with van der Waals surface area (Å²) < 4.78 is 0.